The van der Waals surface area contributed by atoms with E-state index in [1.54, 1.807) is 12.1 Å². The molecule has 1 fully saturated rings. The molecule has 1 aromatic heterocycles. The maximum absolute atomic E-state index is 10.1. The molecule has 6 nitrogen and oxygen atoms in total. The summed E-state index contributed by atoms with van der Waals surface area (Å²) in [5.74, 6) is 1.60. The van der Waals surface area contributed by atoms with Crippen LogP contribution in [0.15, 0.2) is 30.3 Å². The lowest BCUT2D eigenvalue weighted by Gasteiger charge is -2.40. The van der Waals surface area contributed by atoms with Gasteiger partial charge in [-0.15, -0.1) is 0 Å². The molecule has 2 aromatic rings. The van der Waals surface area contributed by atoms with Crippen LogP contribution in [0.1, 0.15) is 12.1 Å². The minimum atomic E-state index is 0.186. The van der Waals surface area contributed by atoms with Gasteiger partial charge in [-0.05, 0) is 32.5 Å². The third-order valence-corrected chi connectivity index (χ3v) is 4.55. The molecule has 1 saturated heterocycles. The minimum absolute atomic E-state index is 0.186. The summed E-state index contributed by atoms with van der Waals surface area (Å²) < 4.78 is 0. The third-order valence-electron chi connectivity index (χ3n) is 4.55. The van der Waals surface area contributed by atoms with Crippen LogP contribution in [0, 0.1) is 6.92 Å². The standard InChI is InChI=1S/C18H24N4O2/c1-13-11-17(22-9-8-21(2)14(12-22)7-10-23)20-18(19-13)15-5-3-4-6-16(15)24/h3-6,11,14,23-24H,7-10,12H2,1-2H3/t14-/m0/s1. The summed E-state index contributed by atoms with van der Waals surface area (Å²) >= 11 is 0. The summed E-state index contributed by atoms with van der Waals surface area (Å²) in [6.07, 6.45) is 0.753. The van der Waals surface area contributed by atoms with E-state index in [4.69, 9.17) is 0 Å². The Labute approximate surface area is 142 Å². The highest BCUT2D eigenvalue weighted by Gasteiger charge is 2.25. The van der Waals surface area contributed by atoms with Gasteiger partial charge in [0.15, 0.2) is 5.82 Å². The predicted octanol–water partition coefficient (Wildman–Crippen LogP) is 1.66. The van der Waals surface area contributed by atoms with E-state index in [0.717, 1.165) is 37.6 Å². The molecule has 0 amide bonds. The first-order valence-electron chi connectivity index (χ1n) is 8.28. The summed E-state index contributed by atoms with van der Waals surface area (Å²) in [5.41, 5.74) is 1.51. The number of phenols is 1. The van der Waals surface area contributed by atoms with Gasteiger partial charge < -0.3 is 15.1 Å². The Balaban J connectivity index is 1.90. The highest BCUT2D eigenvalue weighted by molar-refractivity contribution is 5.65. The number of nitrogens with zero attached hydrogens (tertiary/aromatic N) is 4. The van der Waals surface area contributed by atoms with Crippen molar-refractivity contribution in [3.8, 4) is 17.1 Å². The average Bonchev–Trinajstić information content (AvgIpc) is 2.57. The lowest BCUT2D eigenvalue weighted by molar-refractivity contribution is 0.170. The number of benzene rings is 1. The van der Waals surface area contributed by atoms with Crippen molar-refractivity contribution >= 4 is 5.82 Å². The van der Waals surface area contributed by atoms with Crippen LogP contribution < -0.4 is 4.90 Å². The van der Waals surface area contributed by atoms with E-state index in [1.807, 2.05) is 25.1 Å². The summed E-state index contributed by atoms with van der Waals surface area (Å²) in [6.45, 7) is 4.77. The summed E-state index contributed by atoms with van der Waals surface area (Å²) in [4.78, 5) is 13.7. The number of phenolic OH excluding ortho intramolecular Hbond substituents is 1. The number of aromatic nitrogens is 2. The maximum Gasteiger partial charge on any atom is 0.165 e. The van der Waals surface area contributed by atoms with Crippen molar-refractivity contribution in [2.24, 2.45) is 0 Å². The first-order valence-corrected chi connectivity index (χ1v) is 8.28. The molecule has 2 N–H and O–H groups in total. The number of anilines is 1. The van der Waals surface area contributed by atoms with E-state index in [2.05, 4.69) is 26.8 Å². The molecule has 1 aliphatic heterocycles. The van der Waals surface area contributed by atoms with Crippen LogP contribution in [0.4, 0.5) is 5.82 Å². The molecule has 1 aliphatic rings. The maximum atomic E-state index is 10.1. The number of hydrogen-bond acceptors (Lipinski definition) is 6. The molecular formula is C18H24N4O2. The zero-order valence-corrected chi connectivity index (χ0v) is 14.2. The van der Waals surface area contributed by atoms with Gasteiger partial charge in [0.1, 0.15) is 11.6 Å². The average molecular weight is 328 g/mol. The molecule has 0 unspecified atom stereocenters. The van der Waals surface area contributed by atoms with Gasteiger partial charge in [-0.25, -0.2) is 9.97 Å². The van der Waals surface area contributed by atoms with E-state index in [9.17, 15) is 10.2 Å². The second-order valence-electron chi connectivity index (χ2n) is 6.30. The molecule has 0 saturated carbocycles. The first kappa shape index (κ1) is 16.7. The van der Waals surface area contributed by atoms with Gasteiger partial charge in [0.25, 0.3) is 0 Å². The molecule has 128 valence electrons. The van der Waals surface area contributed by atoms with Gasteiger partial charge in [0.2, 0.25) is 0 Å². The smallest absolute Gasteiger partial charge is 0.165 e. The van der Waals surface area contributed by atoms with Crippen molar-refractivity contribution in [2.75, 3.05) is 38.2 Å². The van der Waals surface area contributed by atoms with E-state index >= 15 is 0 Å². The van der Waals surface area contributed by atoms with E-state index in [-0.39, 0.29) is 12.4 Å². The van der Waals surface area contributed by atoms with E-state index < -0.39 is 0 Å². The number of aromatic hydroxyl groups is 1. The van der Waals surface area contributed by atoms with Crippen LogP contribution in [0.25, 0.3) is 11.4 Å². The number of aliphatic hydroxyl groups excluding tert-OH is 1. The van der Waals surface area contributed by atoms with Gasteiger partial charge in [-0.2, -0.15) is 0 Å². The number of hydrogen-bond donors (Lipinski definition) is 2. The van der Waals surface area contributed by atoms with Crippen LogP contribution in [0.5, 0.6) is 5.75 Å². The number of likely N-dealkylation sites (N-methyl/N-ethyl adjacent to an activating group) is 1. The highest BCUT2D eigenvalue weighted by Crippen LogP contribution is 2.28. The second kappa shape index (κ2) is 7.15. The molecule has 0 radical (unpaired) electrons. The molecule has 1 aromatic carbocycles. The third kappa shape index (κ3) is 3.49. The number of aryl methyl sites for hydroxylation is 1. The molecule has 0 spiro atoms. The van der Waals surface area contributed by atoms with Crippen molar-refractivity contribution in [3.05, 3.63) is 36.0 Å². The van der Waals surface area contributed by atoms with Crippen LogP contribution in [0.2, 0.25) is 0 Å². The van der Waals surface area contributed by atoms with Crippen molar-refractivity contribution in [2.45, 2.75) is 19.4 Å². The molecule has 3 rings (SSSR count). The molecule has 2 heterocycles. The van der Waals surface area contributed by atoms with Crippen molar-refractivity contribution in [1.82, 2.24) is 14.9 Å². The van der Waals surface area contributed by atoms with Gasteiger partial charge in [-0.1, -0.05) is 12.1 Å². The minimum Gasteiger partial charge on any atom is -0.507 e. The fourth-order valence-electron chi connectivity index (χ4n) is 3.11. The molecular weight excluding hydrogens is 304 g/mol. The number of para-hydroxylation sites is 1. The van der Waals surface area contributed by atoms with Gasteiger partial charge >= 0.3 is 0 Å². The van der Waals surface area contributed by atoms with Crippen LogP contribution >= 0.6 is 0 Å². The highest BCUT2D eigenvalue weighted by atomic mass is 16.3. The summed E-state index contributed by atoms with van der Waals surface area (Å²) in [6, 6.07) is 9.42. The molecule has 6 heteroatoms. The van der Waals surface area contributed by atoms with Crippen LogP contribution in [0.3, 0.4) is 0 Å². The predicted molar refractivity (Wildman–Crippen MR) is 94.2 cm³/mol. The zero-order chi connectivity index (χ0) is 17.1. The van der Waals surface area contributed by atoms with Crippen LogP contribution in [-0.4, -0.2) is 64.4 Å². The normalized spacial score (nSPS) is 18.8. The Kier molecular flexibility index (Phi) is 4.97. The SMILES string of the molecule is Cc1cc(N2CCN(C)[C@@H](CCO)C2)nc(-c2ccccc2O)n1. The monoisotopic (exact) mass is 328 g/mol. The second-order valence-corrected chi connectivity index (χ2v) is 6.30. The summed E-state index contributed by atoms with van der Waals surface area (Å²) in [5, 5.41) is 19.3. The summed E-state index contributed by atoms with van der Waals surface area (Å²) in [7, 11) is 2.09. The fraction of sp³-hybridized carbons (Fsp3) is 0.444. The van der Waals surface area contributed by atoms with Gasteiger partial charge in [0.05, 0.1) is 5.56 Å². The largest absolute Gasteiger partial charge is 0.507 e. The Morgan fingerprint density at radius 2 is 2.00 bits per heavy atom. The van der Waals surface area contributed by atoms with E-state index in [0.29, 0.717) is 17.4 Å². The molecule has 1 atom stereocenters. The lowest BCUT2D eigenvalue weighted by Crippen LogP contribution is -2.52. The number of rotatable bonds is 4. The topological polar surface area (TPSA) is 72.7 Å². The quantitative estimate of drug-likeness (QED) is 0.889. The first-order chi connectivity index (χ1) is 11.6. The number of piperazine rings is 1. The van der Waals surface area contributed by atoms with Crippen molar-refractivity contribution < 1.29 is 10.2 Å². The van der Waals surface area contributed by atoms with E-state index in [1.165, 1.54) is 0 Å². The Morgan fingerprint density at radius 1 is 1.21 bits per heavy atom. The van der Waals surface area contributed by atoms with Crippen molar-refractivity contribution in [1.29, 1.82) is 0 Å². The molecule has 0 bridgehead atoms. The molecule has 0 aliphatic carbocycles. The zero-order valence-electron chi connectivity index (χ0n) is 14.2. The lowest BCUT2D eigenvalue weighted by atomic mass is 10.1. The Hall–Kier alpha value is -2.18. The Morgan fingerprint density at radius 3 is 2.75 bits per heavy atom. The van der Waals surface area contributed by atoms with Gasteiger partial charge in [-0.3, -0.25) is 4.90 Å². The Bertz CT molecular complexity index is 707. The molecule has 24 heavy (non-hydrogen) atoms. The van der Waals surface area contributed by atoms with Crippen molar-refractivity contribution in [3.63, 3.8) is 0 Å². The fourth-order valence-corrected chi connectivity index (χ4v) is 3.11. The van der Waals surface area contributed by atoms with Gasteiger partial charge in [0, 0.05) is 44.0 Å². The van der Waals surface area contributed by atoms with Crippen LogP contribution in [-0.2, 0) is 0 Å². The number of aliphatic hydroxyl groups is 1.